The van der Waals surface area contributed by atoms with E-state index in [0.717, 1.165) is 12.0 Å². The van der Waals surface area contributed by atoms with Crippen LogP contribution in [0, 0.1) is 0 Å². The third-order valence-corrected chi connectivity index (χ3v) is 3.59. The van der Waals surface area contributed by atoms with Crippen molar-refractivity contribution in [1.29, 1.82) is 0 Å². The highest BCUT2D eigenvalue weighted by atomic mass is 16.4. The van der Waals surface area contributed by atoms with Crippen LogP contribution in [0.3, 0.4) is 0 Å². The van der Waals surface area contributed by atoms with Crippen LogP contribution < -0.4 is 0 Å². The van der Waals surface area contributed by atoms with E-state index in [1.165, 1.54) is 5.56 Å². The van der Waals surface area contributed by atoms with Crippen molar-refractivity contribution >= 4 is 5.97 Å². The molecule has 1 unspecified atom stereocenters. The molecule has 0 aliphatic carbocycles. The zero-order valence-electron chi connectivity index (χ0n) is 11.3. The predicted octanol–water partition coefficient (Wildman–Crippen LogP) is 3.27. The molecule has 0 fully saturated rings. The van der Waals surface area contributed by atoms with Gasteiger partial charge in [-0.15, -0.1) is 0 Å². The number of hydrogen-bond acceptors (Lipinski definition) is 2. The summed E-state index contributed by atoms with van der Waals surface area (Å²) in [4.78, 5) is 10.4. The lowest BCUT2D eigenvalue weighted by molar-refractivity contribution is -0.137. The lowest BCUT2D eigenvalue weighted by Crippen LogP contribution is -2.15. The molecule has 1 aromatic rings. The van der Waals surface area contributed by atoms with Crippen molar-refractivity contribution in [2.75, 3.05) is 0 Å². The normalized spacial score (nSPS) is 13.3. The summed E-state index contributed by atoms with van der Waals surface area (Å²) >= 11 is 0. The molecule has 0 aromatic heterocycles. The minimum Gasteiger partial charge on any atom is -0.481 e. The molecular weight excluding hydrogens is 228 g/mol. The predicted molar refractivity (Wildman–Crippen MR) is 71.6 cm³/mol. The molecule has 18 heavy (non-hydrogen) atoms. The number of aliphatic hydroxyl groups excluding tert-OH is 1. The Bertz CT molecular complexity index is 393. The summed E-state index contributed by atoms with van der Waals surface area (Å²) in [6.45, 7) is 6.52. The van der Waals surface area contributed by atoms with Crippen molar-refractivity contribution in [3.8, 4) is 0 Å². The van der Waals surface area contributed by atoms with Crippen molar-refractivity contribution in [1.82, 2.24) is 0 Å². The highest BCUT2D eigenvalue weighted by Crippen LogP contribution is 2.28. The smallest absolute Gasteiger partial charge is 0.303 e. The fraction of sp³-hybridized carbons (Fsp3) is 0.533. The van der Waals surface area contributed by atoms with Gasteiger partial charge in [-0.1, -0.05) is 45.0 Å². The van der Waals surface area contributed by atoms with Crippen LogP contribution in [0.4, 0.5) is 0 Å². The van der Waals surface area contributed by atoms with Gasteiger partial charge in [0.05, 0.1) is 6.10 Å². The molecular formula is C15H22O3. The summed E-state index contributed by atoms with van der Waals surface area (Å²) in [5.41, 5.74) is 2.15. The lowest BCUT2D eigenvalue weighted by Gasteiger charge is -2.23. The summed E-state index contributed by atoms with van der Waals surface area (Å²) in [5.74, 6) is -0.877. The number of hydrogen-bond donors (Lipinski definition) is 2. The Morgan fingerprint density at radius 3 is 2.28 bits per heavy atom. The van der Waals surface area contributed by atoms with Gasteiger partial charge < -0.3 is 10.2 Å². The Labute approximate surface area is 108 Å². The van der Waals surface area contributed by atoms with Crippen LogP contribution in [0.2, 0.25) is 0 Å². The van der Waals surface area contributed by atoms with Gasteiger partial charge >= 0.3 is 5.97 Å². The average molecular weight is 250 g/mol. The molecule has 3 heteroatoms. The first-order chi connectivity index (χ1) is 8.36. The standard InChI is InChI=1S/C15H22O3/c1-4-15(2,3)12-7-5-11(6-8-12)13(16)9-10-14(17)18/h5-8,13,16H,4,9-10H2,1-3H3,(H,17,18). The number of carboxylic acid groups (broad SMARTS) is 1. The maximum absolute atomic E-state index is 10.4. The fourth-order valence-corrected chi connectivity index (χ4v) is 1.79. The van der Waals surface area contributed by atoms with Gasteiger partial charge in [0.25, 0.3) is 0 Å². The SMILES string of the molecule is CCC(C)(C)c1ccc(C(O)CCC(=O)O)cc1. The van der Waals surface area contributed by atoms with E-state index in [0.29, 0.717) is 0 Å². The van der Waals surface area contributed by atoms with Crippen LogP contribution in [-0.2, 0) is 10.2 Å². The van der Waals surface area contributed by atoms with Crippen LogP contribution in [-0.4, -0.2) is 16.2 Å². The molecule has 0 aliphatic rings. The molecule has 2 N–H and O–H groups in total. The minimum absolute atomic E-state index is 0.0105. The molecule has 0 spiro atoms. The fourth-order valence-electron chi connectivity index (χ4n) is 1.79. The second kappa shape index (κ2) is 6.01. The summed E-state index contributed by atoms with van der Waals surface area (Å²) in [6, 6.07) is 7.81. The van der Waals surface area contributed by atoms with Gasteiger partial charge in [0, 0.05) is 6.42 Å². The summed E-state index contributed by atoms with van der Waals surface area (Å²) in [5, 5.41) is 18.4. The van der Waals surface area contributed by atoms with E-state index in [9.17, 15) is 9.90 Å². The largest absolute Gasteiger partial charge is 0.481 e. The number of aliphatic hydroxyl groups is 1. The van der Waals surface area contributed by atoms with Crippen LogP contribution in [0.5, 0.6) is 0 Å². The molecule has 1 atom stereocenters. The second-order valence-corrected chi connectivity index (χ2v) is 5.31. The highest BCUT2D eigenvalue weighted by Gasteiger charge is 2.18. The second-order valence-electron chi connectivity index (χ2n) is 5.31. The number of rotatable bonds is 6. The van der Waals surface area contributed by atoms with Crippen molar-refractivity contribution in [2.45, 2.75) is 51.6 Å². The van der Waals surface area contributed by atoms with Gasteiger partial charge in [-0.3, -0.25) is 4.79 Å². The summed E-state index contributed by atoms with van der Waals surface area (Å²) < 4.78 is 0. The Morgan fingerprint density at radius 2 is 1.83 bits per heavy atom. The van der Waals surface area contributed by atoms with Crippen molar-refractivity contribution in [3.63, 3.8) is 0 Å². The van der Waals surface area contributed by atoms with Gasteiger partial charge in [0.2, 0.25) is 0 Å². The Morgan fingerprint density at radius 1 is 1.28 bits per heavy atom. The van der Waals surface area contributed by atoms with Crippen LogP contribution in [0.1, 0.15) is 57.3 Å². The van der Waals surface area contributed by atoms with Crippen LogP contribution in [0.25, 0.3) is 0 Å². The van der Waals surface area contributed by atoms with E-state index >= 15 is 0 Å². The maximum Gasteiger partial charge on any atom is 0.303 e. The molecule has 0 aliphatic heterocycles. The molecule has 0 amide bonds. The first-order valence-corrected chi connectivity index (χ1v) is 6.37. The molecule has 1 rings (SSSR count). The van der Waals surface area contributed by atoms with E-state index in [1.54, 1.807) is 0 Å². The third kappa shape index (κ3) is 3.84. The molecule has 0 saturated heterocycles. The number of aliphatic carboxylic acids is 1. The molecule has 3 nitrogen and oxygen atoms in total. The minimum atomic E-state index is -0.877. The zero-order valence-corrected chi connectivity index (χ0v) is 11.3. The van der Waals surface area contributed by atoms with Gasteiger partial charge in [-0.2, -0.15) is 0 Å². The summed E-state index contributed by atoms with van der Waals surface area (Å²) in [6.07, 6.45) is 0.600. The monoisotopic (exact) mass is 250 g/mol. The Kier molecular flexibility index (Phi) is 4.91. The molecule has 1 aromatic carbocycles. The summed E-state index contributed by atoms with van der Waals surface area (Å²) in [7, 11) is 0. The average Bonchev–Trinajstić information content (AvgIpc) is 2.36. The van der Waals surface area contributed by atoms with E-state index in [1.807, 2.05) is 24.3 Å². The molecule has 100 valence electrons. The van der Waals surface area contributed by atoms with E-state index in [-0.39, 0.29) is 18.3 Å². The van der Waals surface area contributed by atoms with Gasteiger partial charge in [0.15, 0.2) is 0 Å². The number of carboxylic acids is 1. The molecule has 0 bridgehead atoms. The van der Waals surface area contributed by atoms with Gasteiger partial charge in [0.1, 0.15) is 0 Å². The van der Waals surface area contributed by atoms with Crippen LogP contribution >= 0.6 is 0 Å². The van der Waals surface area contributed by atoms with E-state index in [4.69, 9.17) is 5.11 Å². The van der Waals surface area contributed by atoms with Crippen molar-refractivity contribution < 1.29 is 15.0 Å². The van der Waals surface area contributed by atoms with E-state index < -0.39 is 12.1 Å². The zero-order chi connectivity index (χ0) is 13.8. The van der Waals surface area contributed by atoms with E-state index in [2.05, 4.69) is 20.8 Å². The van der Waals surface area contributed by atoms with Gasteiger partial charge in [-0.25, -0.2) is 0 Å². The topological polar surface area (TPSA) is 57.5 Å². The molecule has 0 radical (unpaired) electrons. The number of carbonyl (C=O) groups is 1. The highest BCUT2D eigenvalue weighted by molar-refractivity contribution is 5.66. The third-order valence-electron chi connectivity index (χ3n) is 3.59. The van der Waals surface area contributed by atoms with Crippen molar-refractivity contribution in [3.05, 3.63) is 35.4 Å². The first-order valence-electron chi connectivity index (χ1n) is 6.37. The molecule has 0 heterocycles. The van der Waals surface area contributed by atoms with Gasteiger partial charge in [-0.05, 0) is 29.4 Å². The lowest BCUT2D eigenvalue weighted by atomic mass is 9.82. The molecule has 0 saturated carbocycles. The quantitative estimate of drug-likeness (QED) is 0.814. The van der Waals surface area contributed by atoms with Crippen LogP contribution in [0.15, 0.2) is 24.3 Å². The Balaban J connectivity index is 2.73. The number of benzene rings is 1. The van der Waals surface area contributed by atoms with Crippen molar-refractivity contribution in [2.24, 2.45) is 0 Å². The first kappa shape index (κ1) is 14.7. The Hall–Kier alpha value is -1.35. The maximum atomic E-state index is 10.4.